The Hall–Kier alpha value is -2.44. The van der Waals surface area contributed by atoms with Gasteiger partial charge in [0.1, 0.15) is 18.1 Å². The summed E-state index contributed by atoms with van der Waals surface area (Å²) in [5.74, 6) is 0.572. The van der Waals surface area contributed by atoms with Crippen LogP contribution in [0.15, 0.2) is 18.2 Å². The zero-order valence-electron chi connectivity index (χ0n) is 12.7. The number of fused-ring (bicyclic) bond motifs is 1. The Balaban J connectivity index is 1.89. The highest BCUT2D eigenvalue weighted by Gasteiger charge is 2.23. The van der Waals surface area contributed by atoms with Crippen molar-refractivity contribution in [3.8, 4) is 11.5 Å². The van der Waals surface area contributed by atoms with Crippen LogP contribution in [0.1, 0.15) is 12.0 Å². The van der Waals surface area contributed by atoms with E-state index in [0.717, 1.165) is 17.1 Å². The summed E-state index contributed by atoms with van der Waals surface area (Å²) >= 11 is 0. The highest BCUT2D eigenvalue weighted by molar-refractivity contribution is 5.75. The number of carboxylic acid groups (broad SMARTS) is 1. The lowest BCUT2D eigenvalue weighted by Gasteiger charge is -2.28. The molecule has 1 aromatic rings. The molecule has 1 aliphatic heterocycles. The van der Waals surface area contributed by atoms with Crippen molar-refractivity contribution in [3.63, 3.8) is 0 Å². The summed E-state index contributed by atoms with van der Waals surface area (Å²) in [5.41, 5.74) is 1.01. The highest BCUT2D eigenvalue weighted by Crippen LogP contribution is 2.29. The predicted molar refractivity (Wildman–Crippen MR) is 79.4 cm³/mol. The molecule has 0 aliphatic carbocycles. The van der Waals surface area contributed by atoms with Crippen LogP contribution < -0.4 is 14.8 Å². The zero-order valence-corrected chi connectivity index (χ0v) is 12.7. The van der Waals surface area contributed by atoms with Crippen molar-refractivity contribution >= 4 is 12.0 Å². The van der Waals surface area contributed by atoms with E-state index in [1.165, 1.54) is 4.90 Å². The van der Waals surface area contributed by atoms with E-state index < -0.39 is 5.97 Å². The maximum absolute atomic E-state index is 12.0. The molecular formula is C15H20N2O5. The fourth-order valence-electron chi connectivity index (χ4n) is 2.22. The monoisotopic (exact) mass is 308 g/mol. The molecule has 120 valence electrons. The summed E-state index contributed by atoms with van der Waals surface area (Å²) < 4.78 is 10.8. The van der Waals surface area contributed by atoms with E-state index >= 15 is 0 Å². The minimum Gasteiger partial charge on any atom is -0.497 e. The van der Waals surface area contributed by atoms with Crippen LogP contribution in [0, 0.1) is 0 Å². The Morgan fingerprint density at radius 1 is 1.50 bits per heavy atom. The Morgan fingerprint density at radius 3 is 2.95 bits per heavy atom. The van der Waals surface area contributed by atoms with Crippen LogP contribution in [0.3, 0.4) is 0 Å². The molecule has 1 atom stereocenters. The molecule has 2 N–H and O–H groups in total. The minimum atomic E-state index is -0.927. The van der Waals surface area contributed by atoms with Crippen LogP contribution in [0.5, 0.6) is 11.5 Å². The molecule has 7 heteroatoms. The number of methoxy groups -OCH3 is 1. The van der Waals surface area contributed by atoms with E-state index in [1.54, 1.807) is 14.2 Å². The summed E-state index contributed by atoms with van der Waals surface area (Å²) in [6, 6.07) is 5.16. The molecule has 0 radical (unpaired) electrons. The molecule has 0 saturated carbocycles. The number of urea groups is 1. The van der Waals surface area contributed by atoms with E-state index in [0.29, 0.717) is 13.0 Å². The van der Waals surface area contributed by atoms with Gasteiger partial charge in [0, 0.05) is 19.7 Å². The van der Waals surface area contributed by atoms with Gasteiger partial charge in [-0.1, -0.05) is 6.07 Å². The molecule has 0 saturated heterocycles. The molecule has 2 rings (SSSR count). The molecule has 0 bridgehead atoms. The third kappa shape index (κ3) is 4.03. The first-order chi connectivity index (χ1) is 10.5. The van der Waals surface area contributed by atoms with Gasteiger partial charge in [-0.25, -0.2) is 4.79 Å². The molecule has 2 amide bonds. The zero-order chi connectivity index (χ0) is 16.1. The number of hydrogen-bond donors (Lipinski definition) is 2. The molecule has 0 spiro atoms. The van der Waals surface area contributed by atoms with Crippen molar-refractivity contribution in [2.45, 2.75) is 18.9 Å². The van der Waals surface area contributed by atoms with Gasteiger partial charge in [-0.2, -0.15) is 0 Å². The molecule has 1 aliphatic rings. The van der Waals surface area contributed by atoms with Gasteiger partial charge in [0.15, 0.2) is 0 Å². The van der Waals surface area contributed by atoms with E-state index in [4.69, 9.17) is 14.6 Å². The van der Waals surface area contributed by atoms with E-state index in [1.807, 2.05) is 18.2 Å². The smallest absolute Gasteiger partial charge is 0.317 e. The molecule has 0 fully saturated rings. The number of amides is 2. The summed E-state index contributed by atoms with van der Waals surface area (Å²) in [6.45, 7) is 0.543. The number of rotatable bonds is 5. The fourth-order valence-corrected chi connectivity index (χ4v) is 2.22. The first-order valence-corrected chi connectivity index (χ1v) is 7.02. The van der Waals surface area contributed by atoms with Crippen LogP contribution in [0.2, 0.25) is 0 Å². The molecule has 1 unspecified atom stereocenters. The second-order valence-corrected chi connectivity index (χ2v) is 5.20. The first kappa shape index (κ1) is 15.9. The second-order valence-electron chi connectivity index (χ2n) is 5.20. The Labute approximate surface area is 128 Å². The summed E-state index contributed by atoms with van der Waals surface area (Å²) in [4.78, 5) is 23.9. The molecule has 1 aromatic carbocycles. The first-order valence-electron chi connectivity index (χ1n) is 7.02. The lowest BCUT2D eigenvalue weighted by Crippen LogP contribution is -2.48. The number of nitrogens with zero attached hydrogens (tertiary/aromatic N) is 1. The van der Waals surface area contributed by atoms with Gasteiger partial charge < -0.3 is 24.8 Å². The second kappa shape index (κ2) is 7.02. The molecule has 22 heavy (non-hydrogen) atoms. The van der Waals surface area contributed by atoms with E-state index in [2.05, 4.69) is 5.32 Å². The predicted octanol–water partition coefficient (Wildman–Crippen LogP) is 1.11. The number of hydrogen-bond acceptors (Lipinski definition) is 4. The van der Waals surface area contributed by atoms with Gasteiger partial charge in [-0.05, 0) is 18.1 Å². The summed E-state index contributed by atoms with van der Waals surface area (Å²) in [7, 11) is 3.17. The summed E-state index contributed by atoms with van der Waals surface area (Å²) in [5, 5.41) is 11.5. The normalized spacial score (nSPS) is 16.2. The Morgan fingerprint density at radius 2 is 2.27 bits per heavy atom. The van der Waals surface area contributed by atoms with Crippen LogP contribution in [0.25, 0.3) is 0 Å². The van der Waals surface area contributed by atoms with Crippen molar-refractivity contribution in [1.82, 2.24) is 10.2 Å². The molecule has 0 aromatic heterocycles. The number of carboxylic acids is 1. The third-order valence-electron chi connectivity index (χ3n) is 3.52. The van der Waals surface area contributed by atoms with Crippen molar-refractivity contribution in [3.05, 3.63) is 23.8 Å². The highest BCUT2D eigenvalue weighted by atomic mass is 16.5. The van der Waals surface area contributed by atoms with Gasteiger partial charge in [-0.15, -0.1) is 0 Å². The van der Waals surface area contributed by atoms with Gasteiger partial charge >= 0.3 is 12.0 Å². The Bertz CT molecular complexity index is 561. The molecular weight excluding hydrogens is 288 g/mol. The maximum Gasteiger partial charge on any atom is 0.317 e. The molecule has 7 nitrogen and oxygen atoms in total. The topological polar surface area (TPSA) is 88.1 Å². The van der Waals surface area contributed by atoms with E-state index in [9.17, 15) is 9.59 Å². The number of aliphatic carboxylic acids is 1. The average molecular weight is 308 g/mol. The Kier molecular flexibility index (Phi) is 5.08. The molecule has 1 heterocycles. The maximum atomic E-state index is 12.0. The van der Waals surface area contributed by atoms with E-state index in [-0.39, 0.29) is 25.0 Å². The van der Waals surface area contributed by atoms with Crippen LogP contribution in [-0.2, 0) is 11.2 Å². The lowest BCUT2D eigenvalue weighted by atomic mass is 10.0. The number of ether oxygens (including phenoxy) is 2. The van der Waals surface area contributed by atoms with Crippen molar-refractivity contribution < 1.29 is 24.2 Å². The van der Waals surface area contributed by atoms with Gasteiger partial charge in [-0.3, -0.25) is 4.79 Å². The quantitative estimate of drug-likeness (QED) is 0.851. The standard InChI is InChI=1S/C15H20N2O5/c1-17(6-5-14(18)19)15(20)16-11-7-10-3-4-12(21-2)8-13(10)22-9-11/h3-4,8,11H,5-7,9H2,1-2H3,(H,16,20)(H,18,19). The van der Waals surface area contributed by atoms with Crippen LogP contribution in [0.4, 0.5) is 4.79 Å². The van der Waals surface area contributed by atoms with Crippen molar-refractivity contribution in [1.29, 1.82) is 0 Å². The number of carbonyl (C=O) groups is 2. The van der Waals surface area contributed by atoms with Crippen molar-refractivity contribution in [2.24, 2.45) is 0 Å². The number of nitrogens with one attached hydrogen (secondary N) is 1. The SMILES string of the molecule is COc1ccc2c(c1)OCC(NC(=O)N(C)CCC(=O)O)C2. The fraction of sp³-hybridized carbons (Fsp3) is 0.467. The van der Waals surface area contributed by atoms with Crippen molar-refractivity contribution in [2.75, 3.05) is 27.3 Å². The van der Waals surface area contributed by atoms with Crippen LogP contribution in [-0.4, -0.2) is 55.4 Å². The van der Waals surface area contributed by atoms with Gasteiger partial charge in [0.25, 0.3) is 0 Å². The number of carbonyl (C=O) groups excluding carboxylic acids is 1. The van der Waals surface area contributed by atoms with Gasteiger partial charge in [0.05, 0.1) is 19.6 Å². The van der Waals surface area contributed by atoms with Gasteiger partial charge in [0.2, 0.25) is 0 Å². The minimum absolute atomic E-state index is 0.0757. The average Bonchev–Trinajstić information content (AvgIpc) is 2.51. The largest absolute Gasteiger partial charge is 0.497 e. The third-order valence-corrected chi connectivity index (χ3v) is 3.52. The summed E-state index contributed by atoms with van der Waals surface area (Å²) in [6.07, 6.45) is 0.589. The van der Waals surface area contributed by atoms with Crippen LogP contribution >= 0.6 is 0 Å². The lowest BCUT2D eigenvalue weighted by molar-refractivity contribution is -0.137. The number of benzene rings is 1.